The molecule has 21 heavy (non-hydrogen) atoms. The van der Waals surface area contributed by atoms with E-state index < -0.39 is 0 Å². The Morgan fingerprint density at radius 3 is 2.86 bits per heavy atom. The lowest BCUT2D eigenvalue weighted by Crippen LogP contribution is -1.99. The zero-order chi connectivity index (χ0) is 15.0. The minimum absolute atomic E-state index is 0.260. The molecule has 3 rings (SSSR count). The lowest BCUT2D eigenvalue weighted by atomic mass is 9.99. The van der Waals surface area contributed by atoms with Gasteiger partial charge >= 0.3 is 0 Å². The number of alkyl halides is 1. The third-order valence-corrected chi connectivity index (χ3v) is 4.72. The number of aryl methyl sites for hydroxylation is 1. The van der Waals surface area contributed by atoms with E-state index >= 15 is 0 Å². The second-order valence-electron chi connectivity index (χ2n) is 5.17. The van der Waals surface area contributed by atoms with Gasteiger partial charge in [-0.25, -0.2) is 0 Å². The molecule has 4 heteroatoms. The maximum atomic E-state index is 6.71. The van der Waals surface area contributed by atoms with E-state index in [1.165, 1.54) is 5.56 Å². The molecule has 0 saturated carbocycles. The fraction of sp³-hybridized carbons (Fsp3) is 0.294. The number of methoxy groups -OCH3 is 1. The molecular formula is C17H16BrClO2. The molecule has 0 fully saturated rings. The maximum Gasteiger partial charge on any atom is 0.127 e. The topological polar surface area (TPSA) is 18.5 Å². The fourth-order valence-corrected chi connectivity index (χ4v) is 3.48. The van der Waals surface area contributed by atoms with Crippen LogP contribution in [0, 0.1) is 6.92 Å². The van der Waals surface area contributed by atoms with E-state index in [9.17, 15) is 0 Å². The molecule has 0 spiro atoms. The molecule has 1 aliphatic rings. The SMILES string of the molecule is COc1cc(C(Cl)c2cc(Br)cc3c2OCC3)ccc1C. The average molecular weight is 368 g/mol. The summed E-state index contributed by atoms with van der Waals surface area (Å²) in [5, 5.41) is -0.260. The highest BCUT2D eigenvalue weighted by atomic mass is 79.9. The summed E-state index contributed by atoms with van der Waals surface area (Å²) in [7, 11) is 1.68. The van der Waals surface area contributed by atoms with Crippen LogP contribution in [0.4, 0.5) is 0 Å². The van der Waals surface area contributed by atoms with Crippen LogP contribution >= 0.6 is 27.5 Å². The van der Waals surface area contributed by atoms with Gasteiger partial charge in [-0.2, -0.15) is 0 Å². The Hall–Kier alpha value is -1.19. The molecule has 0 saturated heterocycles. The van der Waals surface area contributed by atoms with Gasteiger partial charge in [-0.1, -0.05) is 28.1 Å². The number of ether oxygens (including phenoxy) is 2. The lowest BCUT2D eigenvalue weighted by Gasteiger charge is -2.16. The van der Waals surface area contributed by atoms with Crippen LogP contribution in [0.2, 0.25) is 0 Å². The van der Waals surface area contributed by atoms with Gasteiger partial charge in [0.25, 0.3) is 0 Å². The minimum atomic E-state index is -0.260. The van der Waals surface area contributed by atoms with Crippen molar-refractivity contribution in [3.8, 4) is 11.5 Å². The molecule has 1 unspecified atom stereocenters. The average Bonchev–Trinajstić information content (AvgIpc) is 2.94. The van der Waals surface area contributed by atoms with Crippen molar-refractivity contribution < 1.29 is 9.47 Å². The first-order chi connectivity index (χ1) is 10.1. The van der Waals surface area contributed by atoms with Crippen LogP contribution in [0.15, 0.2) is 34.8 Å². The summed E-state index contributed by atoms with van der Waals surface area (Å²) in [5.74, 6) is 1.78. The molecule has 2 aromatic carbocycles. The third kappa shape index (κ3) is 2.77. The first kappa shape index (κ1) is 14.7. The largest absolute Gasteiger partial charge is 0.496 e. The smallest absolute Gasteiger partial charge is 0.127 e. The fourth-order valence-electron chi connectivity index (χ4n) is 2.66. The van der Waals surface area contributed by atoms with Crippen molar-refractivity contribution in [1.29, 1.82) is 0 Å². The van der Waals surface area contributed by atoms with Crippen LogP contribution in [0.1, 0.15) is 27.6 Å². The van der Waals surface area contributed by atoms with Crippen LogP contribution in [0.25, 0.3) is 0 Å². The summed E-state index contributed by atoms with van der Waals surface area (Å²) < 4.78 is 12.2. The first-order valence-corrected chi connectivity index (χ1v) is 8.07. The van der Waals surface area contributed by atoms with Gasteiger partial charge in [0.2, 0.25) is 0 Å². The predicted octanol–water partition coefficient (Wildman–Crippen LogP) is 5.03. The summed E-state index contributed by atoms with van der Waals surface area (Å²) in [5.41, 5.74) is 4.32. The Balaban J connectivity index is 2.05. The van der Waals surface area contributed by atoms with Gasteiger partial charge in [0.1, 0.15) is 11.5 Å². The Morgan fingerprint density at radius 2 is 2.10 bits per heavy atom. The van der Waals surface area contributed by atoms with Crippen molar-refractivity contribution in [2.75, 3.05) is 13.7 Å². The Labute approximate surface area is 138 Å². The molecule has 2 aromatic rings. The first-order valence-electron chi connectivity index (χ1n) is 6.84. The predicted molar refractivity (Wildman–Crippen MR) is 88.8 cm³/mol. The molecule has 0 bridgehead atoms. The van der Waals surface area contributed by atoms with E-state index in [2.05, 4.69) is 22.0 Å². The quantitative estimate of drug-likeness (QED) is 0.708. The van der Waals surface area contributed by atoms with Gasteiger partial charge < -0.3 is 9.47 Å². The van der Waals surface area contributed by atoms with Gasteiger partial charge in [0.05, 0.1) is 19.1 Å². The molecule has 0 radical (unpaired) electrons. The molecular weight excluding hydrogens is 352 g/mol. The summed E-state index contributed by atoms with van der Waals surface area (Å²) >= 11 is 10.3. The molecule has 110 valence electrons. The van der Waals surface area contributed by atoms with Gasteiger partial charge in [-0.05, 0) is 41.8 Å². The van der Waals surface area contributed by atoms with E-state index in [0.29, 0.717) is 0 Å². The highest BCUT2D eigenvalue weighted by Gasteiger charge is 2.23. The molecule has 0 amide bonds. The van der Waals surface area contributed by atoms with Crippen molar-refractivity contribution >= 4 is 27.5 Å². The van der Waals surface area contributed by atoms with Crippen molar-refractivity contribution in [2.45, 2.75) is 18.7 Å². The van der Waals surface area contributed by atoms with Crippen LogP contribution in [-0.4, -0.2) is 13.7 Å². The molecule has 0 N–H and O–H groups in total. The molecule has 0 aromatic heterocycles. The van der Waals surface area contributed by atoms with Crippen LogP contribution in [-0.2, 0) is 6.42 Å². The van der Waals surface area contributed by atoms with E-state index in [0.717, 1.165) is 45.7 Å². The summed E-state index contributed by atoms with van der Waals surface area (Å²) in [6.07, 6.45) is 0.933. The number of hydrogen-bond acceptors (Lipinski definition) is 2. The van der Waals surface area contributed by atoms with E-state index in [1.807, 2.05) is 31.2 Å². The zero-order valence-electron chi connectivity index (χ0n) is 12.0. The molecule has 2 nitrogen and oxygen atoms in total. The minimum Gasteiger partial charge on any atom is -0.496 e. The summed E-state index contributed by atoms with van der Waals surface area (Å²) in [6.45, 7) is 2.74. The number of rotatable bonds is 3. The van der Waals surface area contributed by atoms with Crippen molar-refractivity contribution in [2.24, 2.45) is 0 Å². The van der Waals surface area contributed by atoms with Gasteiger partial charge in [0.15, 0.2) is 0 Å². The zero-order valence-corrected chi connectivity index (χ0v) is 14.3. The Kier molecular flexibility index (Phi) is 4.14. The molecule has 1 heterocycles. The lowest BCUT2D eigenvalue weighted by molar-refractivity contribution is 0.353. The van der Waals surface area contributed by atoms with Crippen LogP contribution < -0.4 is 9.47 Å². The summed E-state index contributed by atoms with van der Waals surface area (Å²) in [4.78, 5) is 0. The van der Waals surface area contributed by atoms with Crippen molar-refractivity contribution in [3.63, 3.8) is 0 Å². The third-order valence-electron chi connectivity index (χ3n) is 3.77. The van der Waals surface area contributed by atoms with Crippen LogP contribution in [0.3, 0.4) is 0 Å². The molecule has 1 atom stereocenters. The van der Waals surface area contributed by atoms with Gasteiger partial charge in [0, 0.05) is 16.5 Å². The number of benzene rings is 2. The van der Waals surface area contributed by atoms with E-state index in [4.69, 9.17) is 21.1 Å². The van der Waals surface area contributed by atoms with Gasteiger partial charge in [-0.15, -0.1) is 11.6 Å². The van der Waals surface area contributed by atoms with E-state index in [-0.39, 0.29) is 5.38 Å². The Morgan fingerprint density at radius 1 is 1.29 bits per heavy atom. The second-order valence-corrected chi connectivity index (χ2v) is 6.53. The highest BCUT2D eigenvalue weighted by Crippen LogP contribution is 2.42. The molecule has 1 aliphatic heterocycles. The Bertz CT molecular complexity index is 685. The van der Waals surface area contributed by atoms with Crippen molar-refractivity contribution in [3.05, 3.63) is 57.1 Å². The molecule has 0 aliphatic carbocycles. The maximum absolute atomic E-state index is 6.71. The number of hydrogen-bond donors (Lipinski definition) is 0. The van der Waals surface area contributed by atoms with Crippen LogP contribution in [0.5, 0.6) is 11.5 Å². The highest BCUT2D eigenvalue weighted by molar-refractivity contribution is 9.10. The summed E-state index contributed by atoms with van der Waals surface area (Å²) in [6, 6.07) is 10.2. The number of halogens is 2. The standard InChI is InChI=1S/C17H16BrClO2/c1-10-3-4-11(8-15(10)20-2)16(19)14-9-13(18)7-12-5-6-21-17(12)14/h3-4,7-9,16H,5-6H2,1-2H3. The monoisotopic (exact) mass is 366 g/mol. The van der Waals surface area contributed by atoms with E-state index in [1.54, 1.807) is 7.11 Å². The normalized spacial score (nSPS) is 14.5. The second kappa shape index (κ2) is 5.90. The van der Waals surface area contributed by atoms with Gasteiger partial charge in [-0.3, -0.25) is 0 Å². The number of fused-ring (bicyclic) bond motifs is 1. The van der Waals surface area contributed by atoms with Crippen molar-refractivity contribution in [1.82, 2.24) is 0 Å².